The molecule has 8 atom stereocenters. The number of carbonyl (C=O) groups excluding carboxylic acids is 3. The summed E-state index contributed by atoms with van der Waals surface area (Å²) >= 11 is 0. The molecule has 4 aliphatic rings. The Morgan fingerprint density at radius 2 is 1.76 bits per heavy atom. The Morgan fingerprint density at radius 3 is 2.50 bits per heavy atom. The standard InChI is InChI=1S/C38H48N4O4/c1-24(41-35(44)33(42-34(43)22-39)20-25-8-5-4-6-9-25)36(45)46-28-15-17-37(2)27(21-28)11-12-29-31-14-13-30(26-10-7-19-40-23-26)38(31,3)18-16-32(29)37/h4-11,13,19,23-24,28-29,31-33H,12,14-18,20-22,39H2,1-3H3,(H,41,44)(H,42,43)/t24?,28-,29-,31-,32-,33?,37-,38+/m0/s1. The van der Waals surface area contributed by atoms with Crippen molar-refractivity contribution in [1.82, 2.24) is 15.6 Å². The number of hydrogen-bond donors (Lipinski definition) is 3. The first kappa shape index (κ1) is 32.2. The van der Waals surface area contributed by atoms with E-state index in [-0.39, 0.29) is 23.5 Å². The quantitative estimate of drug-likeness (QED) is 0.262. The fourth-order valence-corrected chi connectivity index (χ4v) is 9.22. The van der Waals surface area contributed by atoms with Crippen LogP contribution < -0.4 is 16.4 Å². The van der Waals surface area contributed by atoms with E-state index < -0.39 is 29.9 Å². The number of nitrogens with zero attached hydrogens (tertiary/aromatic N) is 1. The fraction of sp³-hybridized carbons (Fsp3) is 0.526. The van der Waals surface area contributed by atoms with E-state index in [0.717, 1.165) is 37.7 Å². The molecule has 8 nitrogen and oxygen atoms in total. The lowest BCUT2D eigenvalue weighted by atomic mass is 9.47. The molecule has 6 rings (SSSR count). The van der Waals surface area contributed by atoms with Gasteiger partial charge in [-0.1, -0.05) is 68.0 Å². The number of rotatable bonds is 9. The zero-order valence-electron chi connectivity index (χ0n) is 27.3. The Labute approximate surface area is 272 Å². The van der Waals surface area contributed by atoms with Crippen LogP contribution in [0, 0.1) is 28.6 Å². The highest BCUT2D eigenvalue weighted by molar-refractivity contribution is 5.91. The third-order valence-electron chi connectivity index (χ3n) is 11.7. The van der Waals surface area contributed by atoms with Crippen molar-refractivity contribution < 1.29 is 19.1 Å². The van der Waals surface area contributed by atoms with E-state index in [9.17, 15) is 14.4 Å². The van der Waals surface area contributed by atoms with Gasteiger partial charge in [0, 0.05) is 25.2 Å². The maximum absolute atomic E-state index is 13.2. The maximum atomic E-state index is 13.2. The highest BCUT2D eigenvalue weighted by Crippen LogP contribution is 2.66. The number of allylic oxidation sites excluding steroid dienone is 3. The number of benzene rings is 1. The number of ether oxygens (including phenoxy) is 1. The van der Waals surface area contributed by atoms with E-state index in [1.54, 1.807) is 6.92 Å². The average Bonchev–Trinajstić information content (AvgIpc) is 3.42. The zero-order chi connectivity index (χ0) is 32.5. The minimum absolute atomic E-state index is 0.121. The smallest absolute Gasteiger partial charge is 0.328 e. The lowest BCUT2D eigenvalue weighted by Crippen LogP contribution is -2.53. The molecule has 1 aromatic carbocycles. The van der Waals surface area contributed by atoms with Gasteiger partial charge in [-0.25, -0.2) is 4.79 Å². The summed E-state index contributed by atoms with van der Waals surface area (Å²) < 4.78 is 6.02. The minimum Gasteiger partial charge on any atom is -0.461 e. The van der Waals surface area contributed by atoms with Crippen molar-refractivity contribution in [3.63, 3.8) is 0 Å². The van der Waals surface area contributed by atoms with Crippen LogP contribution in [0.2, 0.25) is 0 Å². The van der Waals surface area contributed by atoms with Crippen LogP contribution in [0.3, 0.4) is 0 Å². The van der Waals surface area contributed by atoms with E-state index in [1.165, 1.54) is 29.6 Å². The molecule has 46 heavy (non-hydrogen) atoms. The summed E-state index contributed by atoms with van der Waals surface area (Å²) in [6.45, 7) is 6.34. The Morgan fingerprint density at radius 1 is 0.978 bits per heavy atom. The van der Waals surface area contributed by atoms with Gasteiger partial charge in [0.1, 0.15) is 18.2 Å². The van der Waals surface area contributed by atoms with Crippen LogP contribution in [0.4, 0.5) is 0 Å². The normalized spacial score (nSPS) is 31.1. The highest BCUT2D eigenvalue weighted by atomic mass is 16.5. The molecule has 4 N–H and O–H groups in total. The third kappa shape index (κ3) is 6.16. The maximum Gasteiger partial charge on any atom is 0.328 e. The molecule has 2 fully saturated rings. The molecule has 0 bridgehead atoms. The monoisotopic (exact) mass is 624 g/mol. The van der Waals surface area contributed by atoms with E-state index in [1.807, 2.05) is 48.8 Å². The van der Waals surface area contributed by atoms with Gasteiger partial charge >= 0.3 is 5.97 Å². The van der Waals surface area contributed by atoms with Crippen molar-refractivity contribution in [3.05, 3.63) is 83.7 Å². The van der Waals surface area contributed by atoms with Gasteiger partial charge in [-0.3, -0.25) is 14.6 Å². The van der Waals surface area contributed by atoms with Crippen molar-refractivity contribution in [2.45, 2.75) is 90.3 Å². The summed E-state index contributed by atoms with van der Waals surface area (Å²) in [6, 6.07) is 12.0. The Bertz CT molecular complexity index is 1510. The first-order valence-corrected chi connectivity index (χ1v) is 17.0. The number of pyridine rings is 1. The van der Waals surface area contributed by atoms with E-state index in [0.29, 0.717) is 24.2 Å². The first-order valence-electron chi connectivity index (χ1n) is 17.0. The van der Waals surface area contributed by atoms with Crippen molar-refractivity contribution in [2.75, 3.05) is 6.54 Å². The average molecular weight is 625 g/mol. The second-order valence-corrected chi connectivity index (χ2v) is 14.4. The van der Waals surface area contributed by atoms with Gasteiger partial charge in [-0.05, 0) is 96.8 Å². The molecule has 2 saturated carbocycles. The molecule has 0 radical (unpaired) electrons. The van der Waals surface area contributed by atoms with Crippen LogP contribution in [0.15, 0.2) is 72.6 Å². The summed E-state index contributed by atoms with van der Waals surface area (Å²) in [5.74, 6) is 0.595. The van der Waals surface area contributed by atoms with Gasteiger partial charge in [0.15, 0.2) is 0 Å². The van der Waals surface area contributed by atoms with Gasteiger partial charge in [0.25, 0.3) is 0 Å². The molecule has 2 unspecified atom stereocenters. The topological polar surface area (TPSA) is 123 Å². The van der Waals surface area contributed by atoms with Crippen LogP contribution in [-0.4, -0.2) is 47.5 Å². The number of carbonyl (C=O) groups is 3. The van der Waals surface area contributed by atoms with Crippen LogP contribution in [-0.2, 0) is 25.5 Å². The number of hydrogen-bond acceptors (Lipinski definition) is 6. The summed E-state index contributed by atoms with van der Waals surface area (Å²) in [5.41, 5.74) is 10.9. The van der Waals surface area contributed by atoms with Gasteiger partial charge in [0.2, 0.25) is 11.8 Å². The van der Waals surface area contributed by atoms with Crippen molar-refractivity contribution in [2.24, 2.45) is 34.3 Å². The molecule has 0 saturated heterocycles. The molecule has 8 heteroatoms. The number of nitrogens with two attached hydrogens (primary N) is 1. The summed E-state index contributed by atoms with van der Waals surface area (Å²) in [4.78, 5) is 42.9. The summed E-state index contributed by atoms with van der Waals surface area (Å²) in [5, 5.41) is 5.45. The van der Waals surface area contributed by atoms with Crippen molar-refractivity contribution >= 4 is 23.4 Å². The molecule has 244 valence electrons. The van der Waals surface area contributed by atoms with Gasteiger partial charge in [-0.2, -0.15) is 0 Å². The first-order chi connectivity index (χ1) is 22.1. The molecule has 4 aliphatic carbocycles. The number of esters is 1. The summed E-state index contributed by atoms with van der Waals surface area (Å²) in [6.07, 6.45) is 16.1. The van der Waals surface area contributed by atoms with Crippen LogP contribution >= 0.6 is 0 Å². The SMILES string of the molecule is CC(NC(=O)C(Cc1ccccc1)NC(=O)CN)C(=O)O[C@H]1CC[C@@]2(C)C(=CC[C@@H]3[C@@H]2CC[C@]2(C)C(c4cccnc4)=CC[C@@H]32)C1. The van der Waals surface area contributed by atoms with E-state index >= 15 is 0 Å². The second-order valence-electron chi connectivity index (χ2n) is 14.4. The molecule has 1 heterocycles. The van der Waals surface area contributed by atoms with Crippen molar-refractivity contribution in [1.29, 1.82) is 0 Å². The lowest BCUT2D eigenvalue weighted by molar-refractivity contribution is -0.154. The Hall–Kier alpha value is -3.78. The number of nitrogens with one attached hydrogen (secondary N) is 2. The highest BCUT2D eigenvalue weighted by Gasteiger charge is 2.57. The fourth-order valence-electron chi connectivity index (χ4n) is 9.22. The van der Waals surface area contributed by atoms with Crippen LogP contribution in [0.25, 0.3) is 5.57 Å². The van der Waals surface area contributed by atoms with E-state index in [4.69, 9.17) is 10.5 Å². The molecule has 1 aromatic heterocycles. The van der Waals surface area contributed by atoms with Crippen LogP contribution in [0.1, 0.15) is 76.8 Å². The zero-order valence-corrected chi connectivity index (χ0v) is 27.3. The second kappa shape index (κ2) is 13.1. The molecule has 0 spiro atoms. The number of aromatic nitrogens is 1. The van der Waals surface area contributed by atoms with Crippen molar-refractivity contribution in [3.8, 4) is 0 Å². The van der Waals surface area contributed by atoms with Crippen LogP contribution in [0.5, 0.6) is 0 Å². The van der Waals surface area contributed by atoms with Gasteiger partial charge in [-0.15, -0.1) is 0 Å². The molecular weight excluding hydrogens is 576 g/mol. The Balaban J connectivity index is 1.07. The third-order valence-corrected chi connectivity index (χ3v) is 11.7. The Kier molecular flexibility index (Phi) is 9.19. The summed E-state index contributed by atoms with van der Waals surface area (Å²) in [7, 11) is 0. The lowest BCUT2D eigenvalue weighted by Gasteiger charge is -2.57. The van der Waals surface area contributed by atoms with E-state index in [2.05, 4.69) is 47.7 Å². The minimum atomic E-state index is -0.850. The molecular formula is C38H48N4O4. The predicted molar refractivity (Wildman–Crippen MR) is 178 cm³/mol. The molecule has 2 amide bonds. The number of fused-ring (bicyclic) bond motifs is 5. The van der Waals surface area contributed by atoms with Gasteiger partial charge < -0.3 is 21.1 Å². The largest absolute Gasteiger partial charge is 0.461 e. The molecule has 0 aliphatic heterocycles. The number of amides is 2. The molecule has 2 aromatic rings. The predicted octanol–water partition coefficient (Wildman–Crippen LogP) is 5.14. The van der Waals surface area contributed by atoms with Gasteiger partial charge in [0.05, 0.1) is 6.54 Å².